The Morgan fingerprint density at radius 2 is 0.494 bits per heavy atom. The molecule has 0 saturated carbocycles. The maximum absolute atomic E-state index is 15.6. The van der Waals surface area contributed by atoms with Crippen LogP contribution < -0.4 is 50.5 Å². The van der Waals surface area contributed by atoms with Gasteiger partial charge in [0.25, 0.3) is 0 Å². The van der Waals surface area contributed by atoms with Crippen molar-refractivity contribution in [1.29, 1.82) is 0 Å². The lowest BCUT2D eigenvalue weighted by molar-refractivity contribution is -0.138. The Labute approximate surface area is 482 Å². The third kappa shape index (κ3) is 10.7. The summed E-state index contributed by atoms with van der Waals surface area (Å²) in [6, 6.07) is 33.4. The summed E-state index contributed by atoms with van der Waals surface area (Å²) in [5.74, 6) is -1.37. The summed E-state index contributed by atoms with van der Waals surface area (Å²) in [7, 11) is -16.2. The van der Waals surface area contributed by atoms with Gasteiger partial charge in [-0.2, -0.15) is 79.0 Å². The molecule has 0 saturated heterocycles. The smallest absolute Gasteiger partial charge is 0.395 e. The Bertz CT molecular complexity index is 3760. The number of rotatable bonds is 8. The van der Waals surface area contributed by atoms with Gasteiger partial charge in [0, 0.05) is 11.1 Å². The first kappa shape index (κ1) is 60.4. The van der Waals surface area contributed by atoms with Crippen LogP contribution in [-0.2, 0) is 41.6 Å². The maximum atomic E-state index is 15.6. The molecule has 10 aromatic carbocycles. The molecule has 0 unspecified atom stereocenters. The normalized spacial score (nSPS) is 14.2. The highest BCUT2D eigenvalue weighted by molar-refractivity contribution is 7.48. The van der Waals surface area contributed by atoms with Crippen molar-refractivity contribution in [2.75, 3.05) is 0 Å². The second-order valence-electron chi connectivity index (χ2n) is 20.3. The predicted molar refractivity (Wildman–Crippen MR) is 295 cm³/mol. The summed E-state index contributed by atoms with van der Waals surface area (Å²) in [6.45, 7) is 0. The Morgan fingerprint density at radius 1 is 0.299 bits per heavy atom. The number of hydrogen-bond donors (Lipinski definition) is 1. The van der Waals surface area contributed by atoms with Gasteiger partial charge in [-0.1, -0.05) is 206 Å². The van der Waals surface area contributed by atoms with Crippen molar-refractivity contribution >= 4 is 87.0 Å². The molecular weight excluding hydrogens is 1240 g/mol. The monoisotopic (exact) mass is 1270 g/mol. The van der Waals surface area contributed by atoms with Gasteiger partial charge in [-0.3, -0.25) is 4.89 Å². The first-order chi connectivity index (χ1) is 40.6. The van der Waals surface area contributed by atoms with Crippen molar-refractivity contribution in [3.8, 4) is 22.6 Å². The van der Waals surface area contributed by atoms with Crippen molar-refractivity contribution in [2.45, 2.75) is 37.1 Å². The van der Waals surface area contributed by atoms with Crippen LogP contribution in [0, 0.1) is 0 Å². The zero-order chi connectivity index (χ0) is 62.7. The molecule has 0 spiro atoms. The summed E-state index contributed by atoms with van der Waals surface area (Å²) in [5.41, 5.74) is -7.97. The summed E-state index contributed by atoms with van der Waals surface area (Å²) in [4.78, 5) is 12.5. The molecule has 0 aromatic heterocycles. The SMILES string of the molecule is O=P1(O)Oc2c([Si](c3ccc(C(F)(F)F)cc3)(c3ccc(C(F)(F)F)cc3)c3ccc(C(F)(F)F)cc3)cc3ccccc3c2-c2c(c([Si](c3ccc(C(F)(F)F)cc3)(c3ccc(C(F)(F)F)cc3)c3ccc(C(F)(F)F)cc3)cc3ccccc23)O1. The van der Waals surface area contributed by atoms with Gasteiger partial charge in [0.05, 0.1) is 33.4 Å². The minimum Gasteiger partial charge on any atom is -0.395 e. The highest BCUT2D eigenvalue weighted by Gasteiger charge is 2.52. The van der Waals surface area contributed by atoms with Gasteiger partial charge in [-0.05, 0) is 63.0 Å². The summed E-state index contributed by atoms with van der Waals surface area (Å²) in [6.07, 6.45) is -30.1. The highest BCUT2D eigenvalue weighted by atomic mass is 31.2. The van der Waals surface area contributed by atoms with Crippen LogP contribution in [-0.4, -0.2) is 21.0 Å². The number of phosphoric ester groups is 1. The molecule has 87 heavy (non-hydrogen) atoms. The van der Waals surface area contributed by atoms with Crippen LogP contribution in [0.25, 0.3) is 32.7 Å². The van der Waals surface area contributed by atoms with Crippen LogP contribution in [0.5, 0.6) is 11.5 Å². The lowest BCUT2D eigenvalue weighted by Gasteiger charge is -2.37. The van der Waals surface area contributed by atoms with Gasteiger partial charge in [0.1, 0.15) is 11.5 Å². The van der Waals surface area contributed by atoms with E-state index in [-0.39, 0.29) is 74.2 Å². The molecule has 11 rings (SSSR count). The molecule has 0 radical (unpaired) electrons. The molecule has 1 N–H and O–H groups in total. The first-order valence-corrected chi connectivity index (χ1v) is 31.0. The van der Waals surface area contributed by atoms with Gasteiger partial charge in [0.15, 0.2) is 16.1 Å². The number of halogens is 18. The molecule has 0 fully saturated rings. The van der Waals surface area contributed by atoms with E-state index in [4.69, 9.17) is 9.05 Å². The topological polar surface area (TPSA) is 55.8 Å². The minimum absolute atomic E-state index is 0.0753. The lowest BCUT2D eigenvalue weighted by Crippen LogP contribution is -2.75. The van der Waals surface area contributed by atoms with E-state index in [2.05, 4.69) is 0 Å². The average Bonchev–Trinajstić information content (AvgIpc) is 1.66. The molecule has 10 aromatic rings. The molecule has 0 atom stereocenters. The number of phosphoric acid groups is 1. The number of fused-ring (bicyclic) bond motifs is 7. The first-order valence-electron chi connectivity index (χ1n) is 25.5. The molecule has 1 heterocycles. The summed E-state index contributed by atoms with van der Waals surface area (Å²) >= 11 is 0. The fourth-order valence-corrected chi connectivity index (χ4v) is 22.2. The van der Waals surface area contributed by atoms with Crippen LogP contribution in [0.1, 0.15) is 33.4 Å². The van der Waals surface area contributed by atoms with Gasteiger partial charge < -0.3 is 9.05 Å². The van der Waals surface area contributed by atoms with E-state index in [0.717, 1.165) is 72.8 Å². The molecule has 0 bridgehead atoms. The second-order valence-corrected chi connectivity index (χ2v) is 29.1. The van der Waals surface area contributed by atoms with E-state index in [9.17, 15) is 83.9 Å². The maximum Gasteiger partial charge on any atom is 0.584 e. The Hall–Kier alpha value is -8.32. The van der Waals surface area contributed by atoms with Gasteiger partial charge >= 0.3 is 44.9 Å². The molecule has 0 aliphatic carbocycles. The van der Waals surface area contributed by atoms with E-state index in [1.165, 1.54) is 60.7 Å². The fraction of sp³-hybridized carbons (Fsp3) is 0.0968. The van der Waals surface area contributed by atoms with Crippen LogP contribution in [0.3, 0.4) is 0 Å². The zero-order valence-corrected chi connectivity index (χ0v) is 46.4. The van der Waals surface area contributed by atoms with Crippen LogP contribution in [0.2, 0.25) is 0 Å². The second kappa shape index (κ2) is 20.9. The number of benzene rings is 10. The Kier molecular flexibility index (Phi) is 14.5. The minimum atomic E-state index is -6.02. The molecule has 446 valence electrons. The van der Waals surface area contributed by atoms with E-state index in [1.54, 1.807) is 0 Å². The third-order valence-electron chi connectivity index (χ3n) is 15.3. The summed E-state index contributed by atoms with van der Waals surface area (Å²) in [5, 5.41) is -1.24. The van der Waals surface area contributed by atoms with Crippen molar-refractivity contribution in [1.82, 2.24) is 0 Å². The van der Waals surface area contributed by atoms with Gasteiger partial charge in [-0.25, -0.2) is 4.57 Å². The lowest BCUT2D eigenvalue weighted by atomic mass is 9.92. The van der Waals surface area contributed by atoms with E-state index >= 15 is 4.57 Å². The largest absolute Gasteiger partial charge is 0.584 e. The summed E-state index contributed by atoms with van der Waals surface area (Å²) < 4.78 is 289. The zero-order valence-electron chi connectivity index (χ0n) is 43.6. The van der Waals surface area contributed by atoms with E-state index in [0.29, 0.717) is 72.8 Å². The van der Waals surface area contributed by atoms with Crippen molar-refractivity contribution in [2.24, 2.45) is 0 Å². The highest BCUT2D eigenvalue weighted by Crippen LogP contribution is 2.57. The molecule has 25 heteroatoms. The van der Waals surface area contributed by atoms with Gasteiger partial charge in [-0.15, -0.1) is 0 Å². The number of alkyl halides is 18. The third-order valence-corrected chi connectivity index (χ3v) is 25.7. The average molecular weight is 1270 g/mol. The van der Waals surface area contributed by atoms with Crippen molar-refractivity contribution in [3.63, 3.8) is 0 Å². The molecule has 0 amide bonds. The quantitative estimate of drug-likeness (QED) is 0.0713. The molecule has 1 aliphatic heterocycles. The standard InChI is InChI=1S/C62H35F18O4PSi2/c63-57(64,65)37-9-21-43(22-10-37)86(44-23-11-38(12-24-44)58(66,67)68,45-25-13-39(14-26-45)59(69,70)71)51-33-35-5-1-3-7-49(35)53-54-50-8-4-2-6-36(50)34-52(56(54)84-85(81,82)83-55(51)53)87(46-27-15-40(16-28-46)60(72,73)74,47-29-17-41(18-30-47)61(75,76)77)48-31-19-42(20-32-48)62(78,79)80/h1-34H,(H,81,82). The molecular formula is C62H35F18O4PSi2. The van der Waals surface area contributed by atoms with Crippen molar-refractivity contribution in [3.05, 3.63) is 240 Å². The molecule has 1 aliphatic rings. The fourth-order valence-electron chi connectivity index (χ4n) is 11.5. The van der Waals surface area contributed by atoms with Crippen LogP contribution in [0.15, 0.2) is 206 Å². The van der Waals surface area contributed by atoms with E-state index in [1.807, 2.05) is 0 Å². The Morgan fingerprint density at radius 3 is 0.690 bits per heavy atom. The molecule has 4 nitrogen and oxygen atoms in total. The van der Waals surface area contributed by atoms with Crippen molar-refractivity contribution < 1.29 is 97.5 Å². The van der Waals surface area contributed by atoms with Crippen LogP contribution >= 0.6 is 7.82 Å². The van der Waals surface area contributed by atoms with Crippen LogP contribution in [0.4, 0.5) is 79.0 Å². The predicted octanol–water partition coefficient (Wildman–Crippen LogP) is 14.4. The Balaban J connectivity index is 1.37. The van der Waals surface area contributed by atoms with E-state index < -0.39 is 106 Å². The number of hydrogen-bond acceptors (Lipinski definition) is 3. The van der Waals surface area contributed by atoms with Gasteiger partial charge in [0.2, 0.25) is 0 Å².